The molecule has 116 valence electrons. The van der Waals surface area contributed by atoms with E-state index in [-0.39, 0.29) is 5.54 Å². The van der Waals surface area contributed by atoms with Crippen LogP contribution in [0.15, 0.2) is 36.5 Å². The standard InChI is InChI=1S/C16H20N4O2/c1-16(2,3)20-13-9-10-17-15(19-13)18-12-8-6-5-7-11(12)14(21)22-4/h5-10H,1-4H3,(H2,17,18,19,20). The fraction of sp³-hybridized carbons (Fsp3) is 0.312. The van der Waals surface area contributed by atoms with Gasteiger partial charge < -0.3 is 15.4 Å². The van der Waals surface area contributed by atoms with E-state index in [0.717, 1.165) is 0 Å². The van der Waals surface area contributed by atoms with E-state index in [1.807, 2.05) is 6.07 Å². The van der Waals surface area contributed by atoms with Crippen LogP contribution in [0.4, 0.5) is 17.5 Å². The number of carbonyl (C=O) groups is 1. The van der Waals surface area contributed by atoms with E-state index in [4.69, 9.17) is 4.74 Å². The van der Waals surface area contributed by atoms with Gasteiger partial charge in [-0.25, -0.2) is 9.78 Å². The third-order valence-electron chi connectivity index (χ3n) is 2.74. The van der Waals surface area contributed by atoms with Crippen LogP contribution >= 0.6 is 0 Å². The molecule has 1 aromatic carbocycles. The summed E-state index contributed by atoms with van der Waals surface area (Å²) >= 11 is 0. The fourth-order valence-corrected chi connectivity index (χ4v) is 1.87. The number of ether oxygens (including phenoxy) is 1. The molecule has 0 aliphatic rings. The molecule has 0 spiro atoms. The Balaban J connectivity index is 2.25. The van der Waals surface area contributed by atoms with Crippen molar-refractivity contribution in [1.82, 2.24) is 9.97 Å². The van der Waals surface area contributed by atoms with E-state index >= 15 is 0 Å². The first-order chi connectivity index (χ1) is 10.4. The highest BCUT2D eigenvalue weighted by molar-refractivity contribution is 5.96. The topological polar surface area (TPSA) is 76.1 Å². The molecule has 0 fully saturated rings. The molecule has 1 heterocycles. The molecule has 0 saturated carbocycles. The number of nitrogens with zero attached hydrogens (tertiary/aromatic N) is 2. The number of nitrogens with one attached hydrogen (secondary N) is 2. The molecule has 0 radical (unpaired) electrons. The van der Waals surface area contributed by atoms with Gasteiger partial charge in [-0.05, 0) is 39.0 Å². The van der Waals surface area contributed by atoms with Gasteiger partial charge in [0.25, 0.3) is 0 Å². The number of rotatable bonds is 4. The van der Waals surface area contributed by atoms with Gasteiger partial charge in [-0.1, -0.05) is 12.1 Å². The van der Waals surface area contributed by atoms with Crippen molar-refractivity contribution in [2.45, 2.75) is 26.3 Å². The number of benzene rings is 1. The van der Waals surface area contributed by atoms with Crippen LogP contribution in [0.3, 0.4) is 0 Å². The van der Waals surface area contributed by atoms with E-state index in [1.54, 1.807) is 30.5 Å². The van der Waals surface area contributed by atoms with Crippen molar-refractivity contribution < 1.29 is 9.53 Å². The van der Waals surface area contributed by atoms with Gasteiger partial charge in [-0.15, -0.1) is 0 Å². The zero-order chi connectivity index (χ0) is 16.2. The summed E-state index contributed by atoms with van der Waals surface area (Å²) in [7, 11) is 1.35. The minimum Gasteiger partial charge on any atom is -0.465 e. The van der Waals surface area contributed by atoms with Crippen LogP contribution in [0.1, 0.15) is 31.1 Å². The van der Waals surface area contributed by atoms with Crippen LogP contribution in [-0.2, 0) is 4.74 Å². The Morgan fingerprint density at radius 1 is 1.18 bits per heavy atom. The van der Waals surface area contributed by atoms with Crippen LogP contribution in [-0.4, -0.2) is 28.6 Å². The lowest BCUT2D eigenvalue weighted by atomic mass is 10.1. The maximum absolute atomic E-state index is 11.8. The number of carbonyl (C=O) groups excluding carboxylic acids is 1. The van der Waals surface area contributed by atoms with E-state index in [9.17, 15) is 4.79 Å². The maximum Gasteiger partial charge on any atom is 0.339 e. The van der Waals surface area contributed by atoms with Crippen LogP contribution in [0.25, 0.3) is 0 Å². The second-order valence-electron chi connectivity index (χ2n) is 5.80. The molecule has 6 nitrogen and oxygen atoms in total. The molecule has 6 heteroatoms. The number of hydrogen-bond acceptors (Lipinski definition) is 6. The van der Waals surface area contributed by atoms with Crippen LogP contribution < -0.4 is 10.6 Å². The zero-order valence-corrected chi connectivity index (χ0v) is 13.2. The van der Waals surface area contributed by atoms with E-state index in [2.05, 4.69) is 41.4 Å². The molecule has 2 rings (SSSR count). The van der Waals surface area contributed by atoms with Crippen molar-refractivity contribution in [3.8, 4) is 0 Å². The quantitative estimate of drug-likeness (QED) is 0.844. The first-order valence-electron chi connectivity index (χ1n) is 6.94. The number of para-hydroxylation sites is 1. The van der Waals surface area contributed by atoms with E-state index in [1.165, 1.54) is 7.11 Å². The van der Waals surface area contributed by atoms with Gasteiger partial charge >= 0.3 is 5.97 Å². The second kappa shape index (κ2) is 6.43. The van der Waals surface area contributed by atoms with Gasteiger partial charge in [0.05, 0.1) is 18.4 Å². The summed E-state index contributed by atoms with van der Waals surface area (Å²) in [6.07, 6.45) is 1.66. The predicted molar refractivity (Wildman–Crippen MR) is 86.5 cm³/mol. The number of esters is 1. The SMILES string of the molecule is COC(=O)c1ccccc1Nc1nccc(NC(C)(C)C)n1. The minimum absolute atomic E-state index is 0.102. The molecular weight excluding hydrogens is 280 g/mol. The average molecular weight is 300 g/mol. The molecule has 0 saturated heterocycles. The molecule has 1 aromatic heterocycles. The van der Waals surface area contributed by atoms with Gasteiger partial charge in [-0.3, -0.25) is 0 Å². The number of anilines is 3. The Bertz CT molecular complexity index is 665. The third kappa shape index (κ3) is 4.18. The summed E-state index contributed by atoms with van der Waals surface area (Å²) in [5.74, 6) is 0.707. The second-order valence-corrected chi connectivity index (χ2v) is 5.80. The van der Waals surface area contributed by atoms with Gasteiger partial charge in [0.15, 0.2) is 0 Å². The highest BCUT2D eigenvalue weighted by Gasteiger charge is 2.13. The van der Waals surface area contributed by atoms with Crippen LogP contribution in [0.5, 0.6) is 0 Å². The Morgan fingerprint density at radius 3 is 2.59 bits per heavy atom. The molecule has 0 aliphatic carbocycles. The van der Waals surface area contributed by atoms with Gasteiger partial charge in [0.1, 0.15) is 5.82 Å². The Hall–Kier alpha value is -2.63. The van der Waals surface area contributed by atoms with Crippen molar-refractivity contribution in [1.29, 1.82) is 0 Å². The van der Waals surface area contributed by atoms with E-state index in [0.29, 0.717) is 23.0 Å². The molecule has 0 aliphatic heterocycles. The average Bonchev–Trinajstić information content (AvgIpc) is 2.45. The highest BCUT2D eigenvalue weighted by atomic mass is 16.5. The monoisotopic (exact) mass is 300 g/mol. The highest BCUT2D eigenvalue weighted by Crippen LogP contribution is 2.20. The number of methoxy groups -OCH3 is 1. The number of hydrogen-bond donors (Lipinski definition) is 2. The summed E-state index contributed by atoms with van der Waals surface area (Å²) in [5.41, 5.74) is 0.931. The fourth-order valence-electron chi connectivity index (χ4n) is 1.87. The van der Waals surface area contributed by atoms with Gasteiger partial charge in [0, 0.05) is 11.7 Å². The molecular formula is C16H20N4O2. The summed E-state index contributed by atoms with van der Waals surface area (Å²) in [6, 6.07) is 8.86. The molecule has 0 bridgehead atoms. The lowest BCUT2D eigenvalue weighted by molar-refractivity contribution is 0.0602. The lowest BCUT2D eigenvalue weighted by Gasteiger charge is -2.21. The minimum atomic E-state index is -0.410. The van der Waals surface area contributed by atoms with Crippen LogP contribution in [0, 0.1) is 0 Å². The van der Waals surface area contributed by atoms with Crippen molar-refractivity contribution in [2.24, 2.45) is 0 Å². The molecule has 2 aromatic rings. The Morgan fingerprint density at radius 2 is 1.91 bits per heavy atom. The van der Waals surface area contributed by atoms with Gasteiger partial charge in [0.2, 0.25) is 5.95 Å². The summed E-state index contributed by atoms with van der Waals surface area (Å²) in [5, 5.41) is 6.32. The van der Waals surface area contributed by atoms with Crippen LogP contribution in [0.2, 0.25) is 0 Å². The summed E-state index contributed by atoms with van der Waals surface area (Å²) < 4.78 is 4.77. The van der Waals surface area contributed by atoms with Crippen molar-refractivity contribution in [3.05, 3.63) is 42.1 Å². The third-order valence-corrected chi connectivity index (χ3v) is 2.74. The summed E-state index contributed by atoms with van der Waals surface area (Å²) in [4.78, 5) is 20.3. The normalized spacial score (nSPS) is 10.9. The molecule has 0 amide bonds. The first-order valence-corrected chi connectivity index (χ1v) is 6.94. The first kappa shape index (κ1) is 15.8. The van der Waals surface area contributed by atoms with Crippen molar-refractivity contribution >= 4 is 23.4 Å². The predicted octanol–water partition coefficient (Wildman–Crippen LogP) is 3.22. The lowest BCUT2D eigenvalue weighted by Crippen LogP contribution is -2.26. The maximum atomic E-state index is 11.8. The molecule has 2 N–H and O–H groups in total. The van der Waals surface area contributed by atoms with Crippen molar-refractivity contribution in [2.75, 3.05) is 17.7 Å². The van der Waals surface area contributed by atoms with Gasteiger partial charge in [-0.2, -0.15) is 4.98 Å². The molecule has 22 heavy (non-hydrogen) atoms. The largest absolute Gasteiger partial charge is 0.465 e. The Kier molecular flexibility index (Phi) is 4.60. The Labute approximate surface area is 129 Å². The zero-order valence-electron chi connectivity index (χ0n) is 13.2. The number of aromatic nitrogens is 2. The smallest absolute Gasteiger partial charge is 0.339 e. The molecule has 0 unspecified atom stereocenters. The van der Waals surface area contributed by atoms with E-state index < -0.39 is 5.97 Å². The van der Waals surface area contributed by atoms with Crippen molar-refractivity contribution in [3.63, 3.8) is 0 Å². The molecule has 0 atom stereocenters. The summed E-state index contributed by atoms with van der Waals surface area (Å²) in [6.45, 7) is 6.15.